The number of methoxy groups -OCH3 is 1. The largest absolute Gasteiger partial charge is 0.496 e. The molecule has 25 heavy (non-hydrogen) atoms. The van der Waals surface area contributed by atoms with Crippen molar-refractivity contribution >= 4 is 34.7 Å². The molecule has 0 aliphatic heterocycles. The average molecular weight is 370 g/mol. The van der Waals surface area contributed by atoms with E-state index in [4.69, 9.17) is 4.74 Å². The highest BCUT2D eigenvalue weighted by molar-refractivity contribution is 8.01. The van der Waals surface area contributed by atoms with Crippen LogP contribution < -0.4 is 10.1 Å². The predicted molar refractivity (Wildman–Crippen MR) is 103 cm³/mol. The van der Waals surface area contributed by atoms with Crippen LogP contribution in [0.15, 0.2) is 63.1 Å². The monoisotopic (exact) mass is 370 g/mol. The number of amides is 1. The minimum Gasteiger partial charge on any atom is -0.496 e. The Morgan fingerprint density at radius 3 is 2.64 bits per heavy atom. The minimum atomic E-state index is -0.0690. The summed E-state index contributed by atoms with van der Waals surface area (Å²) < 4.78 is 6.30. The Bertz CT molecular complexity index is 860. The molecule has 0 atom stereocenters. The van der Waals surface area contributed by atoms with Crippen LogP contribution in [0.25, 0.3) is 0 Å². The standard InChI is InChI=1S/C19H18N2O2S2/c1-13-12-24-19(20-13)25-16-9-7-15(8-10-16)21-18(22)11-14-5-3-4-6-17(14)23-2/h3-10,12H,11H2,1-2H3,(H,21,22). The maximum Gasteiger partial charge on any atom is 0.228 e. The SMILES string of the molecule is COc1ccccc1CC(=O)Nc1ccc(Sc2nc(C)cs2)cc1. The number of nitrogens with zero attached hydrogens (tertiary/aromatic N) is 1. The molecule has 0 bridgehead atoms. The highest BCUT2D eigenvalue weighted by Gasteiger charge is 2.09. The maximum absolute atomic E-state index is 12.2. The highest BCUT2D eigenvalue weighted by Crippen LogP contribution is 2.30. The molecule has 6 heteroatoms. The summed E-state index contributed by atoms with van der Waals surface area (Å²) in [5.41, 5.74) is 2.68. The van der Waals surface area contributed by atoms with Gasteiger partial charge in [-0.2, -0.15) is 0 Å². The van der Waals surface area contributed by atoms with E-state index in [1.54, 1.807) is 30.2 Å². The quantitative estimate of drug-likeness (QED) is 0.678. The average Bonchev–Trinajstić information content (AvgIpc) is 3.02. The third kappa shape index (κ3) is 4.84. The molecule has 0 unspecified atom stereocenters. The van der Waals surface area contributed by atoms with Gasteiger partial charge in [0.25, 0.3) is 0 Å². The van der Waals surface area contributed by atoms with Crippen molar-refractivity contribution in [3.8, 4) is 5.75 Å². The van der Waals surface area contributed by atoms with E-state index in [9.17, 15) is 4.79 Å². The van der Waals surface area contributed by atoms with E-state index in [0.717, 1.165) is 31.9 Å². The molecule has 0 spiro atoms. The van der Waals surface area contributed by atoms with Crippen LogP contribution in [-0.2, 0) is 11.2 Å². The summed E-state index contributed by atoms with van der Waals surface area (Å²) in [6.45, 7) is 1.99. The van der Waals surface area contributed by atoms with E-state index in [0.29, 0.717) is 0 Å². The van der Waals surface area contributed by atoms with Gasteiger partial charge in [-0.1, -0.05) is 30.0 Å². The Hall–Kier alpha value is -2.31. The number of aromatic nitrogens is 1. The van der Waals surface area contributed by atoms with Crippen molar-refractivity contribution in [1.29, 1.82) is 0 Å². The Morgan fingerprint density at radius 2 is 1.96 bits per heavy atom. The van der Waals surface area contributed by atoms with Crippen molar-refractivity contribution in [3.05, 3.63) is 65.2 Å². The van der Waals surface area contributed by atoms with Crippen molar-refractivity contribution in [2.45, 2.75) is 22.6 Å². The molecule has 2 aromatic carbocycles. The summed E-state index contributed by atoms with van der Waals surface area (Å²) in [6.07, 6.45) is 0.277. The molecule has 0 fully saturated rings. The molecular formula is C19H18N2O2S2. The Labute approximate surface area is 155 Å². The lowest BCUT2D eigenvalue weighted by molar-refractivity contribution is -0.115. The number of nitrogens with one attached hydrogen (secondary N) is 1. The summed E-state index contributed by atoms with van der Waals surface area (Å²) in [4.78, 5) is 17.8. The number of carbonyl (C=O) groups is 1. The van der Waals surface area contributed by atoms with Crippen LogP contribution in [0, 0.1) is 6.92 Å². The fourth-order valence-electron chi connectivity index (χ4n) is 2.31. The van der Waals surface area contributed by atoms with Gasteiger partial charge in [0.1, 0.15) is 5.75 Å². The van der Waals surface area contributed by atoms with Gasteiger partial charge in [-0.3, -0.25) is 4.79 Å². The molecule has 1 aromatic heterocycles. The van der Waals surface area contributed by atoms with Crippen molar-refractivity contribution in [3.63, 3.8) is 0 Å². The van der Waals surface area contributed by atoms with Gasteiger partial charge in [0.05, 0.1) is 13.5 Å². The lowest BCUT2D eigenvalue weighted by Crippen LogP contribution is -2.14. The molecule has 3 aromatic rings. The molecule has 0 saturated heterocycles. The van der Waals surface area contributed by atoms with E-state index < -0.39 is 0 Å². The van der Waals surface area contributed by atoms with Crippen LogP contribution in [0.5, 0.6) is 5.75 Å². The van der Waals surface area contributed by atoms with Crippen LogP contribution in [-0.4, -0.2) is 18.0 Å². The van der Waals surface area contributed by atoms with Gasteiger partial charge in [0.15, 0.2) is 4.34 Å². The maximum atomic E-state index is 12.2. The number of aryl methyl sites for hydroxylation is 1. The van der Waals surface area contributed by atoms with E-state index in [2.05, 4.69) is 10.3 Å². The number of thiazole rings is 1. The second kappa shape index (κ2) is 8.18. The van der Waals surface area contributed by atoms with Gasteiger partial charge in [-0.05, 0) is 37.3 Å². The molecule has 1 heterocycles. The zero-order valence-corrected chi connectivity index (χ0v) is 15.6. The summed E-state index contributed by atoms with van der Waals surface area (Å²) in [5, 5.41) is 4.96. The lowest BCUT2D eigenvalue weighted by Gasteiger charge is -2.09. The molecule has 0 aliphatic rings. The van der Waals surface area contributed by atoms with Crippen LogP contribution in [0.3, 0.4) is 0 Å². The summed E-state index contributed by atoms with van der Waals surface area (Å²) in [6, 6.07) is 15.3. The first-order valence-corrected chi connectivity index (χ1v) is 9.45. The second-order valence-corrected chi connectivity index (χ2v) is 7.60. The number of carbonyl (C=O) groups excluding carboxylic acids is 1. The van der Waals surface area contributed by atoms with Gasteiger partial charge in [0.2, 0.25) is 5.91 Å². The summed E-state index contributed by atoms with van der Waals surface area (Å²) in [5.74, 6) is 0.656. The van der Waals surface area contributed by atoms with Crippen molar-refractivity contribution in [2.75, 3.05) is 12.4 Å². The van der Waals surface area contributed by atoms with E-state index in [-0.39, 0.29) is 12.3 Å². The molecule has 4 nitrogen and oxygen atoms in total. The van der Waals surface area contributed by atoms with Gasteiger partial charge in [0, 0.05) is 27.2 Å². The smallest absolute Gasteiger partial charge is 0.228 e. The number of ether oxygens (including phenoxy) is 1. The van der Waals surface area contributed by atoms with Gasteiger partial charge in [-0.25, -0.2) is 4.98 Å². The van der Waals surface area contributed by atoms with Crippen LogP contribution in [0.2, 0.25) is 0 Å². The number of hydrogen-bond donors (Lipinski definition) is 1. The molecule has 1 N–H and O–H groups in total. The van der Waals surface area contributed by atoms with Crippen LogP contribution in [0.4, 0.5) is 5.69 Å². The number of para-hydroxylation sites is 1. The number of hydrogen-bond acceptors (Lipinski definition) is 5. The van der Waals surface area contributed by atoms with E-state index in [1.807, 2.05) is 60.8 Å². The predicted octanol–water partition coefficient (Wildman–Crippen LogP) is 4.79. The molecule has 0 radical (unpaired) electrons. The first-order chi connectivity index (χ1) is 12.1. The summed E-state index contributed by atoms with van der Waals surface area (Å²) in [7, 11) is 1.61. The Morgan fingerprint density at radius 1 is 1.20 bits per heavy atom. The zero-order valence-electron chi connectivity index (χ0n) is 14.0. The molecule has 1 amide bonds. The first-order valence-electron chi connectivity index (χ1n) is 7.76. The molecule has 3 rings (SSSR count). The zero-order chi connectivity index (χ0) is 17.6. The van der Waals surface area contributed by atoms with E-state index >= 15 is 0 Å². The van der Waals surface area contributed by atoms with Gasteiger partial charge in [-0.15, -0.1) is 11.3 Å². The van der Waals surface area contributed by atoms with Gasteiger partial charge >= 0.3 is 0 Å². The Balaban J connectivity index is 1.60. The second-order valence-electron chi connectivity index (χ2n) is 5.42. The topological polar surface area (TPSA) is 51.2 Å². The first kappa shape index (κ1) is 17.5. The fraction of sp³-hybridized carbons (Fsp3) is 0.158. The normalized spacial score (nSPS) is 10.5. The highest BCUT2D eigenvalue weighted by atomic mass is 32.2. The minimum absolute atomic E-state index is 0.0690. The third-order valence-corrected chi connectivity index (χ3v) is 5.55. The van der Waals surface area contributed by atoms with Crippen molar-refractivity contribution in [1.82, 2.24) is 4.98 Å². The van der Waals surface area contributed by atoms with E-state index in [1.165, 1.54) is 0 Å². The van der Waals surface area contributed by atoms with Crippen LogP contribution in [0.1, 0.15) is 11.3 Å². The van der Waals surface area contributed by atoms with Crippen molar-refractivity contribution < 1.29 is 9.53 Å². The fourth-order valence-corrected chi connectivity index (χ4v) is 4.12. The van der Waals surface area contributed by atoms with Crippen LogP contribution >= 0.6 is 23.1 Å². The van der Waals surface area contributed by atoms with Crippen molar-refractivity contribution in [2.24, 2.45) is 0 Å². The molecule has 0 saturated carbocycles. The third-order valence-electron chi connectivity index (χ3n) is 3.48. The number of benzene rings is 2. The van der Waals surface area contributed by atoms with Gasteiger partial charge < -0.3 is 10.1 Å². The molecular weight excluding hydrogens is 352 g/mol. The Kier molecular flexibility index (Phi) is 5.73. The summed E-state index contributed by atoms with van der Waals surface area (Å²) >= 11 is 3.26. The molecule has 128 valence electrons. The molecule has 0 aliphatic carbocycles. The lowest BCUT2D eigenvalue weighted by atomic mass is 10.1. The number of rotatable bonds is 6. The number of anilines is 1.